The second kappa shape index (κ2) is 119. The second-order valence-corrected chi connectivity index (χ2v) is 22.4. The van der Waals surface area contributed by atoms with Crippen molar-refractivity contribution >= 4 is 0 Å². The minimum Gasteiger partial charge on any atom is -0.394 e. The second-order valence-electron chi connectivity index (χ2n) is 22.4. The molecule has 37 heteroatoms. The van der Waals surface area contributed by atoms with Gasteiger partial charge in [-0.25, -0.2) is 0 Å². The number of hydrogen-bond acceptors (Lipinski definition) is 37. The predicted molar refractivity (Wildman–Crippen MR) is 416 cm³/mol. The fraction of sp³-hybridized carbons (Fsp3) is 1.00. The summed E-state index contributed by atoms with van der Waals surface area (Å²) in [6.07, 6.45) is 1.03. The molecule has 0 aliphatic heterocycles. The van der Waals surface area contributed by atoms with Gasteiger partial charge in [0.15, 0.2) is 0 Å². The van der Waals surface area contributed by atoms with Gasteiger partial charge in [0.05, 0.1) is 449 Å². The highest BCUT2D eigenvalue weighted by Gasteiger charge is 2.03. The molecule has 0 aromatic heterocycles. The van der Waals surface area contributed by atoms with Gasteiger partial charge in [-0.15, -0.1) is 0 Å². The zero-order valence-electron chi connectivity index (χ0n) is 70.1. The van der Waals surface area contributed by atoms with Crippen LogP contribution in [0.4, 0.5) is 0 Å². The molecular weight excluding hydrogens is 1500 g/mol. The first-order chi connectivity index (χ1) is 56.2. The van der Waals surface area contributed by atoms with Gasteiger partial charge in [-0.05, 0) is 20.3 Å². The van der Waals surface area contributed by atoms with Gasteiger partial charge in [-0.1, -0.05) is 6.92 Å². The zero-order valence-corrected chi connectivity index (χ0v) is 70.1. The van der Waals surface area contributed by atoms with E-state index in [9.17, 15) is 0 Å². The molecule has 0 spiro atoms. The number of aliphatic hydroxyl groups excluding tert-OH is 2. The summed E-state index contributed by atoms with van der Waals surface area (Å²) in [6.45, 7) is 43.0. The molecule has 0 fully saturated rings. The van der Waals surface area contributed by atoms with Gasteiger partial charge in [0.1, 0.15) is 0 Å². The Bertz CT molecular complexity index is 1440. The average Bonchev–Trinajstić information content (AvgIpc) is 3.73. The van der Waals surface area contributed by atoms with Gasteiger partial charge in [0.25, 0.3) is 0 Å². The Morgan fingerprint density at radius 1 is 0.115 bits per heavy atom. The Labute approximate surface area is 677 Å². The molecule has 0 amide bonds. The van der Waals surface area contributed by atoms with E-state index in [1.54, 1.807) is 7.11 Å². The van der Waals surface area contributed by atoms with Gasteiger partial charge < -0.3 is 176 Å². The Kier molecular flexibility index (Phi) is 122. The molecule has 0 aliphatic carbocycles. The maximum absolute atomic E-state index is 8.58. The van der Waals surface area contributed by atoms with E-state index in [0.29, 0.717) is 443 Å². The van der Waals surface area contributed by atoms with Crippen molar-refractivity contribution in [1.82, 2.24) is 0 Å². The molecule has 0 radical (unpaired) electrons. The Balaban J connectivity index is -0.00000165. The van der Waals surface area contributed by atoms with E-state index in [1.165, 1.54) is 0 Å². The van der Waals surface area contributed by atoms with Crippen molar-refractivity contribution in [1.29, 1.82) is 0 Å². The van der Waals surface area contributed by atoms with Crippen molar-refractivity contribution in [3.63, 3.8) is 0 Å². The van der Waals surface area contributed by atoms with Crippen LogP contribution in [-0.4, -0.2) is 486 Å². The predicted octanol–water partition coefficient (Wildman–Crippen LogP) is 1.60. The molecule has 37 nitrogen and oxygen atoms in total. The largest absolute Gasteiger partial charge is 0.394 e. The Morgan fingerprint density at radius 3 is 0.292 bits per heavy atom. The van der Waals surface area contributed by atoms with Crippen LogP contribution < -0.4 is 0 Å². The standard InChI is InChI=1S/C31H64O16.C24H50O12.C21H44O9/c1-33-4-5-35-8-9-37-12-13-39-16-17-41-20-21-43-24-25-45-28-29-47-31-30-46-27-26-44-23-22-42-19-18-40-15-14-38-11-10-36-7-6-34-3-2-32;1-2-26-5-6-28-9-10-30-13-14-32-17-18-34-21-22-36-24-23-35-20-19-33-16-15-31-12-11-29-8-7-27-4-3-25;1-3-5-23-8-9-25-12-13-27-16-17-29-20-21-30-19-18-28-15-14-26-11-10-24-7-6-22-4-2/h32H,2-31H2,1H3;25H,2-24H2,1H3;3-21H2,1-2H3. The molecule has 2 N–H and O–H groups in total. The highest BCUT2D eigenvalue weighted by molar-refractivity contribution is 4.45. The van der Waals surface area contributed by atoms with Crippen molar-refractivity contribution in [3.05, 3.63) is 0 Å². The molecule has 0 aromatic rings. The normalized spacial score (nSPS) is 11.5. The van der Waals surface area contributed by atoms with Crippen LogP contribution in [-0.2, 0) is 166 Å². The van der Waals surface area contributed by atoms with E-state index < -0.39 is 0 Å². The lowest BCUT2D eigenvalue weighted by atomic mass is 10.5. The van der Waals surface area contributed by atoms with Gasteiger partial charge in [-0.3, -0.25) is 0 Å². The molecule has 0 aromatic carbocycles. The molecule has 684 valence electrons. The summed E-state index contributed by atoms with van der Waals surface area (Å²) in [5, 5.41) is 17.1. The molecule has 0 heterocycles. The minimum absolute atomic E-state index is 0.0236. The van der Waals surface area contributed by atoms with Gasteiger partial charge >= 0.3 is 0 Å². The fourth-order valence-corrected chi connectivity index (χ4v) is 7.62. The molecule has 113 heavy (non-hydrogen) atoms. The number of ether oxygens (including phenoxy) is 35. The van der Waals surface area contributed by atoms with Crippen LogP contribution in [0.3, 0.4) is 0 Å². The van der Waals surface area contributed by atoms with Gasteiger partial charge in [0, 0.05) is 26.9 Å². The number of rotatable bonds is 104. The molecule has 0 bridgehead atoms. The van der Waals surface area contributed by atoms with Crippen molar-refractivity contribution in [2.24, 2.45) is 0 Å². The highest BCUT2D eigenvalue weighted by Crippen LogP contribution is 1.94. The molecule has 0 aliphatic rings. The van der Waals surface area contributed by atoms with Crippen molar-refractivity contribution in [2.75, 3.05) is 476 Å². The Hall–Kier alpha value is -1.48. The monoisotopic (exact) mass is 1660 g/mol. The summed E-state index contributed by atoms with van der Waals surface area (Å²) >= 11 is 0. The molecule has 0 saturated carbocycles. The van der Waals surface area contributed by atoms with Crippen LogP contribution in [0, 0.1) is 0 Å². The smallest absolute Gasteiger partial charge is 0.0701 e. The quantitative estimate of drug-likeness (QED) is 0.0817. The van der Waals surface area contributed by atoms with E-state index in [0.717, 1.165) is 19.6 Å². The molecule has 0 unspecified atom stereocenters. The lowest BCUT2D eigenvalue weighted by Crippen LogP contribution is -2.15. The number of hydrogen-bond donors (Lipinski definition) is 2. The van der Waals surface area contributed by atoms with Gasteiger partial charge in [0.2, 0.25) is 0 Å². The van der Waals surface area contributed by atoms with E-state index in [2.05, 4.69) is 6.92 Å². The molecular formula is C76H158O37. The SMILES string of the molecule is CCCOCCOCCOCCOCCOCCOCCOCCOCCOCC.CCOCCOCCOCCOCCOCCOCCOCCOCCOCCOCCOCCO.COCCOCCOCCOCCOCCOCCOCCOCCOCCOCCOCCOCCOCCOCCOCCO. The fourth-order valence-electron chi connectivity index (χ4n) is 7.62. The maximum Gasteiger partial charge on any atom is 0.0701 e. The summed E-state index contributed by atoms with van der Waals surface area (Å²) in [7, 11) is 1.64. The van der Waals surface area contributed by atoms with Crippen molar-refractivity contribution in [2.45, 2.75) is 27.2 Å². The van der Waals surface area contributed by atoms with Crippen molar-refractivity contribution < 1.29 is 176 Å². The Morgan fingerprint density at radius 2 is 0.204 bits per heavy atom. The third-order valence-electron chi connectivity index (χ3n) is 13.2. The lowest BCUT2D eigenvalue weighted by molar-refractivity contribution is -0.0300. The van der Waals surface area contributed by atoms with E-state index in [-0.39, 0.29) is 13.2 Å². The van der Waals surface area contributed by atoms with Gasteiger partial charge in [-0.2, -0.15) is 0 Å². The number of methoxy groups -OCH3 is 1. The molecule has 0 rings (SSSR count). The first kappa shape index (κ1) is 116. The average molecular weight is 1660 g/mol. The zero-order chi connectivity index (χ0) is 81.7. The summed E-state index contributed by atoms with van der Waals surface area (Å²) in [4.78, 5) is 0. The van der Waals surface area contributed by atoms with Crippen LogP contribution in [0.1, 0.15) is 27.2 Å². The first-order valence-electron chi connectivity index (χ1n) is 40.6. The third kappa shape index (κ3) is 124. The summed E-state index contributed by atoms with van der Waals surface area (Å²) in [5.74, 6) is 0. The van der Waals surface area contributed by atoms with E-state index >= 15 is 0 Å². The highest BCUT2D eigenvalue weighted by atomic mass is 16.6. The molecule has 0 atom stereocenters. The summed E-state index contributed by atoms with van der Waals surface area (Å²) in [6, 6.07) is 0. The third-order valence-corrected chi connectivity index (χ3v) is 13.2. The first-order valence-corrected chi connectivity index (χ1v) is 40.6. The summed E-state index contributed by atoms with van der Waals surface area (Å²) < 4.78 is 188. The van der Waals surface area contributed by atoms with Crippen LogP contribution >= 0.6 is 0 Å². The minimum atomic E-state index is 0.0236. The van der Waals surface area contributed by atoms with Crippen LogP contribution in [0.25, 0.3) is 0 Å². The van der Waals surface area contributed by atoms with Crippen LogP contribution in [0.2, 0.25) is 0 Å². The number of aliphatic hydroxyl groups is 2. The van der Waals surface area contributed by atoms with Crippen LogP contribution in [0.15, 0.2) is 0 Å². The summed E-state index contributed by atoms with van der Waals surface area (Å²) in [5.41, 5.74) is 0. The molecule has 0 saturated heterocycles. The topological polar surface area (TPSA) is 364 Å². The van der Waals surface area contributed by atoms with Crippen molar-refractivity contribution in [3.8, 4) is 0 Å². The van der Waals surface area contributed by atoms with Crippen LogP contribution in [0.5, 0.6) is 0 Å². The maximum atomic E-state index is 8.58. The van der Waals surface area contributed by atoms with E-state index in [4.69, 9.17) is 176 Å². The lowest BCUT2D eigenvalue weighted by Gasteiger charge is -2.09. The van der Waals surface area contributed by atoms with E-state index in [1.807, 2.05) is 13.8 Å².